The van der Waals surface area contributed by atoms with E-state index in [9.17, 15) is 0 Å². The Hall–Kier alpha value is -0.0800. The molecule has 0 bridgehead atoms. The van der Waals surface area contributed by atoms with Crippen molar-refractivity contribution < 1.29 is 4.84 Å². The van der Waals surface area contributed by atoms with Crippen molar-refractivity contribution in [2.45, 2.75) is 52.2 Å². The fourth-order valence-corrected chi connectivity index (χ4v) is 1.34. The van der Waals surface area contributed by atoms with Crippen molar-refractivity contribution in [1.29, 1.82) is 0 Å². The molecule has 0 radical (unpaired) electrons. The highest BCUT2D eigenvalue weighted by molar-refractivity contribution is 4.73. The van der Waals surface area contributed by atoms with Gasteiger partial charge < -0.3 is 0 Å². The first kappa shape index (κ1) is 9.01. The van der Waals surface area contributed by atoms with Crippen LogP contribution in [0.1, 0.15) is 40.5 Å². The topological polar surface area (TPSA) is 12.5 Å². The highest BCUT2D eigenvalue weighted by Gasteiger charge is 2.26. The molecule has 0 aromatic rings. The molecule has 1 unspecified atom stereocenters. The van der Waals surface area contributed by atoms with Crippen LogP contribution in [0.2, 0.25) is 0 Å². The van der Waals surface area contributed by atoms with E-state index in [1.807, 2.05) is 0 Å². The number of hydrogen-bond donors (Lipinski definition) is 0. The van der Waals surface area contributed by atoms with Crippen molar-refractivity contribution in [3.05, 3.63) is 0 Å². The normalized spacial score (nSPS) is 28.9. The maximum atomic E-state index is 5.68. The van der Waals surface area contributed by atoms with Crippen molar-refractivity contribution in [2.24, 2.45) is 0 Å². The molecule has 0 spiro atoms. The average molecular weight is 157 g/mol. The number of hydrogen-bond acceptors (Lipinski definition) is 2. The van der Waals surface area contributed by atoms with Crippen LogP contribution in [0.4, 0.5) is 0 Å². The van der Waals surface area contributed by atoms with Crippen LogP contribution in [-0.4, -0.2) is 23.3 Å². The Morgan fingerprint density at radius 2 is 2.00 bits per heavy atom. The average Bonchev–Trinajstić information content (AvgIpc) is 1.86. The number of nitrogens with zero attached hydrogens (tertiary/aromatic N) is 1. The molecule has 11 heavy (non-hydrogen) atoms. The zero-order valence-corrected chi connectivity index (χ0v) is 8.05. The summed E-state index contributed by atoms with van der Waals surface area (Å²) in [6.07, 6.45) is 2.87. The van der Waals surface area contributed by atoms with Gasteiger partial charge in [0, 0.05) is 12.1 Å². The maximum absolute atomic E-state index is 5.68. The van der Waals surface area contributed by atoms with Gasteiger partial charge in [-0.2, -0.15) is 5.06 Å². The van der Waals surface area contributed by atoms with E-state index in [-0.39, 0.29) is 5.54 Å². The van der Waals surface area contributed by atoms with Crippen molar-refractivity contribution in [3.63, 3.8) is 0 Å². The standard InChI is InChI=1S/C9H19NO/c1-8-6-5-7-10(11-8)9(2,3)4/h8H,5-7H2,1-4H3. The van der Waals surface area contributed by atoms with Gasteiger partial charge in [-0.1, -0.05) is 0 Å². The smallest absolute Gasteiger partial charge is 0.0765 e. The van der Waals surface area contributed by atoms with Crippen molar-refractivity contribution in [3.8, 4) is 0 Å². The van der Waals surface area contributed by atoms with E-state index in [4.69, 9.17) is 4.84 Å². The summed E-state index contributed by atoms with van der Waals surface area (Å²) < 4.78 is 0. The minimum atomic E-state index is 0.161. The highest BCUT2D eigenvalue weighted by atomic mass is 16.7. The predicted octanol–water partition coefficient (Wildman–Crippen LogP) is 2.20. The lowest BCUT2D eigenvalue weighted by atomic mass is 10.1. The molecular formula is C9H19NO. The van der Waals surface area contributed by atoms with E-state index in [0.717, 1.165) is 6.54 Å². The van der Waals surface area contributed by atoms with Crippen molar-refractivity contribution >= 4 is 0 Å². The Bertz CT molecular complexity index is 128. The quantitative estimate of drug-likeness (QED) is 0.534. The molecule has 1 fully saturated rings. The van der Waals surface area contributed by atoms with Crippen molar-refractivity contribution in [1.82, 2.24) is 5.06 Å². The molecule has 2 heteroatoms. The maximum Gasteiger partial charge on any atom is 0.0765 e. The van der Waals surface area contributed by atoms with E-state index in [0.29, 0.717) is 6.10 Å². The van der Waals surface area contributed by atoms with Gasteiger partial charge in [-0.05, 0) is 40.5 Å². The molecule has 1 aliphatic rings. The van der Waals surface area contributed by atoms with Gasteiger partial charge in [-0.25, -0.2) is 0 Å². The third-order valence-corrected chi connectivity index (χ3v) is 2.03. The molecule has 0 aromatic heterocycles. The second-order valence-corrected chi connectivity index (χ2v) is 4.33. The molecule has 0 N–H and O–H groups in total. The minimum absolute atomic E-state index is 0.161. The van der Waals surface area contributed by atoms with Crippen LogP contribution in [0.25, 0.3) is 0 Å². The lowest BCUT2D eigenvalue weighted by Gasteiger charge is -2.39. The van der Waals surface area contributed by atoms with Crippen LogP contribution >= 0.6 is 0 Å². The van der Waals surface area contributed by atoms with Crippen LogP contribution in [0.5, 0.6) is 0 Å². The Kier molecular flexibility index (Phi) is 2.55. The zero-order valence-electron chi connectivity index (χ0n) is 8.05. The summed E-state index contributed by atoms with van der Waals surface area (Å²) in [4.78, 5) is 5.68. The Morgan fingerprint density at radius 3 is 2.36 bits per heavy atom. The first-order valence-corrected chi connectivity index (χ1v) is 4.44. The van der Waals surface area contributed by atoms with Crippen LogP contribution in [0.3, 0.4) is 0 Å². The largest absolute Gasteiger partial charge is 0.295 e. The van der Waals surface area contributed by atoms with Gasteiger partial charge >= 0.3 is 0 Å². The SMILES string of the molecule is CC1CCCN(C(C)(C)C)O1. The van der Waals surface area contributed by atoms with Crippen LogP contribution < -0.4 is 0 Å². The van der Waals surface area contributed by atoms with Gasteiger partial charge in [0.05, 0.1) is 6.10 Å². The first-order chi connectivity index (χ1) is 5.00. The van der Waals surface area contributed by atoms with Gasteiger partial charge in [0.2, 0.25) is 0 Å². The lowest BCUT2D eigenvalue weighted by Crippen LogP contribution is -2.46. The van der Waals surface area contributed by atoms with Crippen LogP contribution in [0, 0.1) is 0 Å². The lowest BCUT2D eigenvalue weighted by molar-refractivity contribution is -0.257. The van der Waals surface area contributed by atoms with Gasteiger partial charge in [-0.15, -0.1) is 0 Å². The molecule has 1 heterocycles. The van der Waals surface area contributed by atoms with Crippen LogP contribution in [-0.2, 0) is 4.84 Å². The molecule has 0 aromatic carbocycles. The summed E-state index contributed by atoms with van der Waals surface area (Å²) in [5.74, 6) is 0. The molecule has 0 saturated carbocycles. The Balaban J connectivity index is 2.46. The van der Waals surface area contributed by atoms with E-state index >= 15 is 0 Å². The fraction of sp³-hybridized carbons (Fsp3) is 1.00. The van der Waals surface area contributed by atoms with Gasteiger partial charge in [0.15, 0.2) is 0 Å². The summed E-state index contributed by atoms with van der Waals surface area (Å²) in [5.41, 5.74) is 0.161. The summed E-state index contributed by atoms with van der Waals surface area (Å²) in [6.45, 7) is 9.77. The molecule has 2 nitrogen and oxygen atoms in total. The van der Waals surface area contributed by atoms with E-state index in [1.165, 1.54) is 12.8 Å². The van der Waals surface area contributed by atoms with E-state index in [1.54, 1.807) is 0 Å². The number of rotatable bonds is 0. The predicted molar refractivity (Wildman–Crippen MR) is 46.2 cm³/mol. The molecule has 0 aliphatic carbocycles. The zero-order chi connectivity index (χ0) is 8.48. The second kappa shape index (κ2) is 3.11. The third-order valence-electron chi connectivity index (χ3n) is 2.03. The second-order valence-electron chi connectivity index (χ2n) is 4.33. The van der Waals surface area contributed by atoms with Gasteiger partial charge in [-0.3, -0.25) is 4.84 Å². The molecule has 66 valence electrons. The minimum Gasteiger partial charge on any atom is -0.295 e. The molecular weight excluding hydrogens is 138 g/mol. The van der Waals surface area contributed by atoms with Gasteiger partial charge in [0.1, 0.15) is 0 Å². The molecule has 1 aliphatic heterocycles. The molecule has 1 saturated heterocycles. The van der Waals surface area contributed by atoms with Crippen LogP contribution in [0.15, 0.2) is 0 Å². The monoisotopic (exact) mass is 157 g/mol. The Morgan fingerprint density at radius 1 is 1.36 bits per heavy atom. The summed E-state index contributed by atoms with van der Waals surface area (Å²) in [7, 11) is 0. The first-order valence-electron chi connectivity index (χ1n) is 4.44. The van der Waals surface area contributed by atoms with Gasteiger partial charge in [0.25, 0.3) is 0 Å². The van der Waals surface area contributed by atoms with E-state index < -0.39 is 0 Å². The summed E-state index contributed by atoms with van der Waals surface area (Å²) in [5, 5.41) is 2.10. The molecule has 0 amide bonds. The fourth-order valence-electron chi connectivity index (χ4n) is 1.34. The van der Waals surface area contributed by atoms with Crippen molar-refractivity contribution in [2.75, 3.05) is 6.54 Å². The summed E-state index contributed by atoms with van der Waals surface area (Å²) in [6, 6.07) is 0. The molecule has 1 atom stereocenters. The Labute approximate surface area is 69.5 Å². The number of hydroxylamine groups is 2. The summed E-state index contributed by atoms with van der Waals surface area (Å²) >= 11 is 0. The molecule has 1 rings (SSSR count). The highest BCUT2D eigenvalue weighted by Crippen LogP contribution is 2.21. The van der Waals surface area contributed by atoms with E-state index in [2.05, 4.69) is 32.8 Å². The third kappa shape index (κ3) is 2.46.